The Balaban J connectivity index is 5.51. The van der Waals surface area contributed by atoms with E-state index in [1.54, 1.807) is 0 Å². The molecule has 2 unspecified atom stereocenters. The molecule has 0 aliphatic carbocycles. The third-order valence-corrected chi connectivity index (χ3v) is 19.2. The molecule has 0 rings (SSSR count). The van der Waals surface area contributed by atoms with Gasteiger partial charge in [-0.15, -0.1) is 0 Å². The molecule has 17 nitrogen and oxygen atoms in total. The number of hydrogen-bond acceptors (Lipinski definition) is 15. The van der Waals surface area contributed by atoms with Crippen molar-refractivity contribution in [1.82, 2.24) is 0 Å². The van der Waals surface area contributed by atoms with Gasteiger partial charge in [0.15, 0.2) is 12.2 Å². The molecule has 3 N–H and O–H groups in total. The molecule has 0 aromatic rings. The predicted octanol–water partition coefficient (Wildman–Crippen LogP) is 25.0. The normalized spacial score (nSPS) is 14.5. The van der Waals surface area contributed by atoms with Gasteiger partial charge in [-0.05, 0) is 135 Å². The Morgan fingerprint density at radius 2 is 0.472 bits per heavy atom. The maximum absolute atomic E-state index is 13.1. The van der Waals surface area contributed by atoms with Gasteiger partial charge in [0, 0.05) is 25.7 Å². The second-order valence-electron chi connectivity index (χ2n) is 27.7. The number of carbonyl (C=O) groups excluding carboxylic acids is 4. The van der Waals surface area contributed by atoms with Crippen LogP contribution in [0.25, 0.3) is 0 Å². The molecule has 0 radical (unpaired) electrons. The first-order valence-corrected chi connectivity index (χ1v) is 45.1. The van der Waals surface area contributed by atoms with Gasteiger partial charge in [-0.1, -0.05) is 321 Å². The third-order valence-electron chi connectivity index (χ3n) is 17.3. The van der Waals surface area contributed by atoms with Crippen LogP contribution in [0.5, 0.6) is 0 Å². The van der Waals surface area contributed by atoms with Crippen molar-refractivity contribution in [3.05, 3.63) is 146 Å². The minimum absolute atomic E-state index is 0.0347. The van der Waals surface area contributed by atoms with Crippen LogP contribution in [0.1, 0.15) is 336 Å². The summed E-state index contributed by atoms with van der Waals surface area (Å²) in [6.07, 6.45) is 92.7. The molecule has 0 saturated heterocycles. The molecule has 0 saturated carbocycles. The molecule has 5 atom stereocenters. The van der Waals surface area contributed by atoms with Crippen molar-refractivity contribution in [3.8, 4) is 0 Å². The standard InChI is InChI=1S/C89H150O17P2/c1-5-9-13-17-21-25-29-33-37-39-41-43-47-50-54-58-62-66-70-74-87(92)100-80-84(105-88(93)75-71-67-63-59-55-51-46-36-32-28-24-20-16-12-8-4)81-103-107(95,96)101-77-83(90)78-102-108(97,98)104-82-85(79-99-86(91)73-69-65-61-57-53-49-45-35-31-27-23-19-15-11-7-3)106-89(94)76-72-68-64-60-56-52-48-44-42-40-38-34-30-26-22-18-14-10-6-2/h21-23,25-27,33-35,37-38,41-45,50,52,54,56,62,64,66,68,83-85,90H,5-20,24,28-32,36,39-40,46-49,51,53,55,57-61,63,65,67,69-82H2,1-4H3,(H,95,96)(H,97,98)/b25-21-,26-22-,27-23-,37-33-,38-34-,43-41-,44-42-,45-35-,54-50-,56-52-,66-62-,68-64-/t83-,84-,85-/m1/s1. The highest BCUT2D eigenvalue weighted by Gasteiger charge is 2.30. The Hall–Kier alpha value is -5.06. The number of carbonyl (C=O) groups is 4. The van der Waals surface area contributed by atoms with Crippen molar-refractivity contribution >= 4 is 39.5 Å². The van der Waals surface area contributed by atoms with Crippen molar-refractivity contribution in [2.75, 3.05) is 39.6 Å². The van der Waals surface area contributed by atoms with Crippen LogP contribution in [0.4, 0.5) is 0 Å². The lowest BCUT2D eigenvalue weighted by Crippen LogP contribution is -2.30. The van der Waals surface area contributed by atoms with Crippen LogP contribution in [-0.4, -0.2) is 96.7 Å². The molecule has 0 aliphatic rings. The summed E-state index contributed by atoms with van der Waals surface area (Å²) in [6.45, 7) is 4.64. The third kappa shape index (κ3) is 79.0. The number of rotatable bonds is 78. The average molecular weight is 1550 g/mol. The van der Waals surface area contributed by atoms with Gasteiger partial charge in [-0.2, -0.15) is 0 Å². The fourth-order valence-corrected chi connectivity index (χ4v) is 12.4. The summed E-state index contributed by atoms with van der Waals surface area (Å²) in [5.41, 5.74) is 0. The SMILES string of the molecule is CCCCC/C=C\C/C=C\C/C=C\C/C=C\C/C=C\CCC(=O)OC[C@H](COP(=O)(O)OC[C@@H](O)COP(=O)(O)OC[C@@H](COC(=O)CCCCCCC/C=C\C/C=C\CCCCC)OC(=O)CC/C=C\C/C=C\C/C=C\C/C=C\C/C=C\CCCCC)OC(=O)CCCCCCCCCCCCCCCCC. The lowest BCUT2D eigenvalue weighted by atomic mass is 10.0. The van der Waals surface area contributed by atoms with Crippen molar-refractivity contribution in [2.45, 2.75) is 354 Å². The fourth-order valence-electron chi connectivity index (χ4n) is 10.9. The number of esters is 4. The molecule has 618 valence electrons. The fraction of sp³-hybridized carbons (Fsp3) is 0.685. The maximum atomic E-state index is 13.1. The van der Waals surface area contributed by atoms with Crippen molar-refractivity contribution in [2.24, 2.45) is 0 Å². The highest BCUT2D eigenvalue weighted by molar-refractivity contribution is 7.47. The summed E-state index contributed by atoms with van der Waals surface area (Å²) in [7, 11) is -10.0. The van der Waals surface area contributed by atoms with Crippen LogP contribution < -0.4 is 0 Å². The highest BCUT2D eigenvalue weighted by Crippen LogP contribution is 2.45. The quantitative estimate of drug-likeness (QED) is 0.0169. The average Bonchev–Trinajstić information content (AvgIpc) is 0.914. The van der Waals surface area contributed by atoms with E-state index in [-0.39, 0.29) is 25.7 Å². The van der Waals surface area contributed by atoms with Crippen molar-refractivity contribution in [3.63, 3.8) is 0 Å². The molecular weight excluding hydrogens is 1400 g/mol. The van der Waals surface area contributed by atoms with E-state index in [0.717, 1.165) is 122 Å². The minimum Gasteiger partial charge on any atom is -0.462 e. The zero-order valence-electron chi connectivity index (χ0n) is 67.7. The van der Waals surface area contributed by atoms with Gasteiger partial charge in [0.25, 0.3) is 0 Å². The molecular formula is C89H150O17P2. The van der Waals surface area contributed by atoms with Gasteiger partial charge in [0.05, 0.1) is 26.4 Å². The number of phosphoric acid groups is 2. The summed E-state index contributed by atoms with van der Waals surface area (Å²) in [5, 5.41) is 10.7. The largest absolute Gasteiger partial charge is 0.472 e. The van der Waals surface area contributed by atoms with Crippen molar-refractivity contribution in [1.29, 1.82) is 0 Å². The minimum atomic E-state index is -5.01. The van der Waals surface area contributed by atoms with E-state index in [2.05, 4.69) is 143 Å². The molecule has 0 spiro atoms. The van der Waals surface area contributed by atoms with E-state index < -0.39 is 97.5 Å². The molecule has 0 aromatic heterocycles. The van der Waals surface area contributed by atoms with Crippen LogP contribution in [-0.2, 0) is 65.4 Å². The Bertz CT molecular complexity index is 2610. The van der Waals surface area contributed by atoms with Crippen LogP contribution in [0.3, 0.4) is 0 Å². The summed E-state index contributed by atoms with van der Waals surface area (Å²) < 4.78 is 68.6. The van der Waals surface area contributed by atoms with Gasteiger partial charge in [-0.3, -0.25) is 37.3 Å². The Morgan fingerprint density at radius 1 is 0.259 bits per heavy atom. The molecule has 0 aromatic carbocycles. The van der Waals surface area contributed by atoms with E-state index >= 15 is 0 Å². The zero-order chi connectivity index (χ0) is 78.9. The number of allylic oxidation sites excluding steroid dienone is 24. The van der Waals surface area contributed by atoms with Crippen LogP contribution >= 0.6 is 15.6 Å². The van der Waals surface area contributed by atoms with Gasteiger partial charge in [0.2, 0.25) is 0 Å². The Kier molecular flexibility index (Phi) is 76.3. The van der Waals surface area contributed by atoms with Crippen LogP contribution in [0.15, 0.2) is 146 Å². The zero-order valence-corrected chi connectivity index (χ0v) is 69.5. The summed E-state index contributed by atoms with van der Waals surface area (Å²) >= 11 is 0. The Morgan fingerprint density at radius 3 is 0.787 bits per heavy atom. The first-order chi connectivity index (χ1) is 52.7. The lowest BCUT2D eigenvalue weighted by molar-refractivity contribution is -0.161. The van der Waals surface area contributed by atoms with E-state index in [0.29, 0.717) is 38.5 Å². The first kappa shape index (κ1) is 103. The van der Waals surface area contributed by atoms with Crippen molar-refractivity contribution < 1.29 is 80.2 Å². The number of aliphatic hydroxyl groups is 1. The van der Waals surface area contributed by atoms with E-state index in [1.165, 1.54) is 122 Å². The topological polar surface area (TPSA) is 237 Å². The predicted molar refractivity (Wildman–Crippen MR) is 445 cm³/mol. The van der Waals surface area contributed by atoms with Crippen LogP contribution in [0, 0.1) is 0 Å². The molecule has 0 heterocycles. The monoisotopic (exact) mass is 1550 g/mol. The van der Waals surface area contributed by atoms with E-state index in [9.17, 15) is 43.2 Å². The number of hydrogen-bond donors (Lipinski definition) is 3. The second-order valence-corrected chi connectivity index (χ2v) is 30.6. The maximum Gasteiger partial charge on any atom is 0.472 e. The molecule has 0 bridgehead atoms. The van der Waals surface area contributed by atoms with Gasteiger partial charge < -0.3 is 33.8 Å². The smallest absolute Gasteiger partial charge is 0.462 e. The Labute approximate surface area is 656 Å². The van der Waals surface area contributed by atoms with Gasteiger partial charge in [-0.25, -0.2) is 9.13 Å². The number of unbranched alkanes of at least 4 members (excludes halogenated alkanes) is 28. The van der Waals surface area contributed by atoms with Gasteiger partial charge >= 0.3 is 39.5 Å². The van der Waals surface area contributed by atoms with Gasteiger partial charge in [0.1, 0.15) is 19.3 Å². The first-order valence-electron chi connectivity index (χ1n) is 42.1. The van der Waals surface area contributed by atoms with Crippen LogP contribution in [0.2, 0.25) is 0 Å². The second kappa shape index (κ2) is 80.0. The number of ether oxygens (including phenoxy) is 4. The molecule has 0 amide bonds. The summed E-state index contributed by atoms with van der Waals surface area (Å²) in [5.74, 6) is -2.38. The summed E-state index contributed by atoms with van der Waals surface area (Å²) in [4.78, 5) is 73.1. The molecule has 0 fully saturated rings. The molecule has 0 aliphatic heterocycles. The molecule has 19 heteroatoms. The lowest BCUT2D eigenvalue weighted by Gasteiger charge is -2.21. The number of phosphoric ester groups is 2. The highest BCUT2D eigenvalue weighted by atomic mass is 31.2. The van der Waals surface area contributed by atoms with E-state index in [4.69, 9.17) is 37.0 Å². The number of aliphatic hydroxyl groups excluding tert-OH is 1. The summed E-state index contributed by atoms with van der Waals surface area (Å²) in [6, 6.07) is 0. The molecule has 108 heavy (non-hydrogen) atoms. The van der Waals surface area contributed by atoms with E-state index in [1.807, 2.05) is 30.4 Å².